The van der Waals surface area contributed by atoms with E-state index in [-0.39, 0.29) is 4.90 Å². The number of carbonyl (C=O) groups excluding carboxylic acids is 1. The summed E-state index contributed by atoms with van der Waals surface area (Å²) in [5.74, 6) is 0.258. The Balaban J connectivity index is 2.17. The standard InChI is InChI=1S/C17H23N3O3S3/c1-11-5-7-14(8-6-11)26(22,23)20-15(9-10-24-4)16(21)19-17-18-12(2)13(3)25-17/h5-8,15,20H,9-10H2,1-4H3,(H,18,19,21). The average molecular weight is 414 g/mol. The molecule has 0 saturated heterocycles. The van der Waals surface area contributed by atoms with Crippen molar-refractivity contribution in [1.82, 2.24) is 9.71 Å². The minimum atomic E-state index is -3.78. The van der Waals surface area contributed by atoms with Gasteiger partial charge in [0.1, 0.15) is 6.04 Å². The summed E-state index contributed by atoms with van der Waals surface area (Å²) in [6.07, 6.45) is 2.30. The zero-order chi connectivity index (χ0) is 19.3. The average Bonchev–Trinajstić information content (AvgIpc) is 2.89. The number of benzene rings is 1. The Morgan fingerprint density at radius 1 is 1.23 bits per heavy atom. The molecule has 1 unspecified atom stereocenters. The van der Waals surface area contributed by atoms with E-state index in [0.29, 0.717) is 17.3 Å². The minimum Gasteiger partial charge on any atom is -0.301 e. The Labute approximate surface area is 162 Å². The van der Waals surface area contributed by atoms with Crippen molar-refractivity contribution in [2.45, 2.75) is 38.1 Å². The summed E-state index contributed by atoms with van der Waals surface area (Å²) >= 11 is 2.93. The fourth-order valence-electron chi connectivity index (χ4n) is 2.17. The highest BCUT2D eigenvalue weighted by atomic mass is 32.2. The first-order chi connectivity index (χ1) is 12.2. The maximum atomic E-state index is 12.6. The van der Waals surface area contributed by atoms with E-state index in [9.17, 15) is 13.2 Å². The number of thiazole rings is 1. The van der Waals surface area contributed by atoms with Crippen LogP contribution in [-0.2, 0) is 14.8 Å². The molecular formula is C17H23N3O3S3. The summed E-state index contributed by atoms with van der Waals surface area (Å²) in [5, 5.41) is 3.21. The normalized spacial score (nSPS) is 12.8. The Kier molecular flexibility index (Phi) is 7.22. The lowest BCUT2D eigenvalue weighted by molar-refractivity contribution is -0.117. The molecule has 6 nitrogen and oxygen atoms in total. The molecule has 1 atom stereocenters. The largest absolute Gasteiger partial charge is 0.301 e. The molecule has 2 N–H and O–H groups in total. The van der Waals surface area contributed by atoms with E-state index < -0.39 is 22.0 Å². The molecule has 0 radical (unpaired) electrons. The van der Waals surface area contributed by atoms with Crippen LogP contribution >= 0.6 is 23.1 Å². The van der Waals surface area contributed by atoms with Crippen molar-refractivity contribution >= 4 is 44.2 Å². The summed E-state index contributed by atoms with van der Waals surface area (Å²) in [5.41, 5.74) is 1.82. The lowest BCUT2D eigenvalue weighted by atomic mass is 10.2. The van der Waals surface area contributed by atoms with E-state index in [1.54, 1.807) is 23.9 Å². The Morgan fingerprint density at radius 3 is 2.42 bits per heavy atom. The van der Waals surface area contributed by atoms with E-state index in [1.165, 1.54) is 23.5 Å². The molecule has 26 heavy (non-hydrogen) atoms. The predicted molar refractivity (Wildman–Crippen MR) is 109 cm³/mol. The summed E-state index contributed by atoms with van der Waals surface area (Å²) in [4.78, 5) is 18.1. The van der Waals surface area contributed by atoms with E-state index in [4.69, 9.17) is 0 Å². The maximum Gasteiger partial charge on any atom is 0.244 e. The third-order valence-electron chi connectivity index (χ3n) is 3.81. The van der Waals surface area contributed by atoms with Gasteiger partial charge in [0.2, 0.25) is 15.9 Å². The number of amides is 1. The van der Waals surface area contributed by atoms with Gasteiger partial charge in [-0.2, -0.15) is 16.5 Å². The third-order valence-corrected chi connectivity index (χ3v) is 6.93. The fraction of sp³-hybridized carbons (Fsp3) is 0.412. The van der Waals surface area contributed by atoms with Crippen molar-refractivity contribution in [1.29, 1.82) is 0 Å². The van der Waals surface area contributed by atoms with Crippen LogP contribution in [0.5, 0.6) is 0 Å². The van der Waals surface area contributed by atoms with Crippen LogP contribution in [0.15, 0.2) is 29.2 Å². The molecule has 0 spiro atoms. The number of aromatic nitrogens is 1. The first kappa shape index (κ1) is 20.9. The number of hydrogen-bond acceptors (Lipinski definition) is 6. The van der Waals surface area contributed by atoms with Crippen LogP contribution in [0, 0.1) is 20.8 Å². The number of aryl methyl sites for hydroxylation is 3. The molecule has 2 rings (SSSR count). The molecule has 0 aliphatic carbocycles. The third kappa shape index (κ3) is 5.54. The van der Waals surface area contributed by atoms with Gasteiger partial charge in [-0.1, -0.05) is 17.7 Å². The van der Waals surface area contributed by atoms with Gasteiger partial charge in [-0.25, -0.2) is 13.4 Å². The van der Waals surface area contributed by atoms with Gasteiger partial charge >= 0.3 is 0 Å². The second-order valence-electron chi connectivity index (χ2n) is 5.92. The van der Waals surface area contributed by atoms with E-state index >= 15 is 0 Å². The van der Waals surface area contributed by atoms with Gasteiger partial charge in [0, 0.05) is 4.88 Å². The van der Waals surface area contributed by atoms with Crippen LogP contribution in [0.2, 0.25) is 0 Å². The molecule has 1 aromatic heterocycles. The molecule has 0 bridgehead atoms. The molecule has 9 heteroatoms. The van der Waals surface area contributed by atoms with Crippen molar-refractivity contribution in [3.8, 4) is 0 Å². The zero-order valence-corrected chi connectivity index (χ0v) is 17.6. The number of anilines is 1. The smallest absolute Gasteiger partial charge is 0.244 e. The summed E-state index contributed by atoms with van der Waals surface area (Å²) < 4.78 is 27.8. The second kappa shape index (κ2) is 8.98. The number of carbonyl (C=O) groups is 1. The van der Waals surface area contributed by atoms with Crippen LogP contribution < -0.4 is 10.0 Å². The quantitative estimate of drug-likeness (QED) is 0.694. The van der Waals surface area contributed by atoms with Crippen molar-refractivity contribution in [2.24, 2.45) is 0 Å². The van der Waals surface area contributed by atoms with E-state index in [2.05, 4.69) is 15.0 Å². The van der Waals surface area contributed by atoms with Crippen LogP contribution in [0.4, 0.5) is 5.13 Å². The van der Waals surface area contributed by atoms with Gasteiger partial charge < -0.3 is 5.32 Å². The Hall–Kier alpha value is -1.42. The topological polar surface area (TPSA) is 88.2 Å². The minimum absolute atomic E-state index is 0.144. The van der Waals surface area contributed by atoms with Crippen molar-refractivity contribution in [3.05, 3.63) is 40.4 Å². The maximum absolute atomic E-state index is 12.6. The van der Waals surface area contributed by atoms with Crippen molar-refractivity contribution < 1.29 is 13.2 Å². The second-order valence-corrected chi connectivity index (χ2v) is 9.82. The molecule has 1 heterocycles. The number of hydrogen-bond donors (Lipinski definition) is 2. The SMILES string of the molecule is CSCCC(NS(=O)(=O)c1ccc(C)cc1)C(=O)Nc1nc(C)c(C)s1. The number of nitrogens with one attached hydrogen (secondary N) is 2. The van der Waals surface area contributed by atoms with Crippen LogP contribution in [0.3, 0.4) is 0 Å². The number of nitrogens with zero attached hydrogens (tertiary/aromatic N) is 1. The van der Waals surface area contributed by atoms with Crippen LogP contribution in [0.25, 0.3) is 0 Å². The lowest BCUT2D eigenvalue weighted by Crippen LogP contribution is -2.44. The summed E-state index contributed by atoms with van der Waals surface area (Å²) in [6.45, 7) is 5.68. The number of sulfonamides is 1. The molecule has 0 aliphatic heterocycles. The molecule has 0 aliphatic rings. The number of thioether (sulfide) groups is 1. The predicted octanol–water partition coefficient (Wildman–Crippen LogP) is 3.11. The fourth-order valence-corrected chi connectivity index (χ4v) is 4.69. The molecule has 0 saturated carbocycles. The molecular weight excluding hydrogens is 390 g/mol. The van der Waals surface area contributed by atoms with Crippen molar-refractivity contribution in [3.63, 3.8) is 0 Å². The highest BCUT2D eigenvalue weighted by Crippen LogP contribution is 2.21. The van der Waals surface area contributed by atoms with Gasteiger partial charge in [0.15, 0.2) is 5.13 Å². The summed E-state index contributed by atoms with van der Waals surface area (Å²) in [6, 6.07) is 5.67. The molecule has 2 aromatic rings. The van der Waals surface area contributed by atoms with Gasteiger partial charge in [-0.05, 0) is 51.3 Å². The summed E-state index contributed by atoms with van der Waals surface area (Å²) in [7, 11) is -3.78. The van der Waals surface area contributed by atoms with Gasteiger partial charge in [-0.15, -0.1) is 11.3 Å². The first-order valence-electron chi connectivity index (χ1n) is 8.06. The van der Waals surface area contributed by atoms with Crippen LogP contribution in [-0.4, -0.2) is 37.4 Å². The highest BCUT2D eigenvalue weighted by molar-refractivity contribution is 7.98. The molecule has 142 valence electrons. The van der Waals surface area contributed by atoms with E-state index in [1.807, 2.05) is 27.0 Å². The lowest BCUT2D eigenvalue weighted by Gasteiger charge is -2.17. The Bertz CT molecular complexity index is 842. The molecule has 1 aromatic carbocycles. The molecule has 0 fully saturated rings. The highest BCUT2D eigenvalue weighted by Gasteiger charge is 2.26. The zero-order valence-electron chi connectivity index (χ0n) is 15.2. The van der Waals surface area contributed by atoms with Gasteiger partial charge in [0.25, 0.3) is 0 Å². The first-order valence-corrected chi connectivity index (χ1v) is 11.7. The number of rotatable bonds is 8. The van der Waals surface area contributed by atoms with Gasteiger partial charge in [-0.3, -0.25) is 4.79 Å². The van der Waals surface area contributed by atoms with Gasteiger partial charge in [0.05, 0.1) is 10.6 Å². The van der Waals surface area contributed by atoms with Crippen molar-refractivity contribution in [2.75, 3.05) is 17.3 Å². The van der Waals surface area contributed by atoms with Crippen LogP contribution in [0.1, 0.15) is 22.6 Å². The van der Waals surface area contributed by atoms with E-state index in [0.717, 1.165) is 16.1 Å². The molecule has 1 amide bonds. The monoisotopic (exact) mass is 413 g/mol. The Morgan fingerprint density at radius 2 is 1.88 bits per heavy atom.